The molecule has 3 nitrogen and oxygen atoms in total. The van der Waals surface area contributed by atoms with Crippen LogP contribution in [0.15, 0.2) is 77.0 Å². The second-order valence-electron chi connectivity index (χ2n) is 4.84. The molecule has 0 amide bonds. The molecule has 0 unspecified atom stereocenters. The zero-order valence-electron chi connectivity index (χ0n) is 11.6. The largest absolute Gasteiger partial charge is 0.464 e. The molecule has 0 radical (unpaired) electrons. The van der Waals surface area contributed by atoms with Crippen LogP contribution in [-0.2, 0) is 0 Å². The molecule has 0 aliphatic carbocycles. The summed E-state index contributed by atoms with van der Waals surface area (Å²) in [5.74, 6) is 0.865. The summed E-state index contributed by atoms with van der Waals surface area (Å²) < 4.78 is 5.46. The van der Waals surface area contributed by atoms with Gasteiger partial charge in [-0.15, -0.1) is 11.3 Å². The fraction of sp³-hybridized carbons (Fsp3) is 0. The lowest BCUT2D eigenvalue weighted by molar-refractivity contribution is 0.582. The maximum atomic E-state index is 5.46. The van der Waals surface area contributed by atoms with Crippen molar-refractivity contribution >= 4 is 11.3 Å². The molecule has 4 heteroatoms. The maximum absolute atomic E-state index is 5.46. The first-order chi connectivity index (χ1) is 10.9. The van der Waals surface area contributed by atoms with E-state index in [1.807, 2.05) is 42.6 Å². The Kier molecular flexibility index (Phi) is 3.29. The van der Waals surface area contributed by atoms with Gasteiger partial charge in [-0.05, 0) is 30.3 Å². The van der Waals surface area contributed by atoms with Crippen molar-refractivity contribution in [3.8, 4) is 33.2 Å². The van der Waals surface area contributed by atoms with Gasteiger partial charge in [-0.25, -0.2) is 4.98 Å². The number of hydrogen-bond donors (Lipinski definition) is 0. The third kappa shape index (κ3) is 2.44. The third-order valence-corrected chi connectivity index (χ3v) is 4.27. The lowest BCUT2D eigenvalue weighted by atomic mass is 10.1. The highest BCUT2D eigenvalue weighted by atomic mass is 32.1. The van der Waals surface area contributed by atoms with Crippen molar-refractivity contribution in [1.82, 2.24) is 9.97 Å². The van der Waals surface area contributed by atoms with E-state index in [4.69, 9.17) is 9.40 Å². The molecule has 0 saturated carbocycles. The van der Waals surface area contributed by atoms with Crippen LogP contribution < -0.4 is 0 Å². The lowest BCUT2D eigenvalue weighted by Crippen LogP contribution is -1.81. The zero-order valence-corrected chi connectivity index (χ0v) is 12.5. The second-order valence-corrected chi connectivity index (χ2v) is 5.70. The number of thiazole rings is 1. The van der Waals surface area contributed by atoms with E-state index in [2.05, 4.69) is 22.5 Å². The molecule has 0 saturated heterocycles. The molecule has 0 spiro atoms. The van der Waals surface area contributed by atoms with Crippen LogP contribution in [0.5, 0.6) is 0 Å². The normalized spacial score (nSPS) is 10.7. The van der Waals surface area contributed by atoms with Gasteiger partial charge in [0.1, 0.15) is 10.8 Å². The van der Waals surface area contributed by atoms with Gasteiger partial charge in [0.15, 0.2) is 0 Å². The van der Waals surface area contributed by atoms with Gasteiger partial charge in [0.2, 0.25) is 0 Å². The molecule has 0 atom stereocenters. The molecule has 106 valence electrons. The maximum Gasteiger partial charge on any atom is 0.133 e. The topological polar surface area (TPSA) is 38.9 Å². The Bertz CT molecular complexity index is 882. The van der Waals surface area contributed by atoms with Crippen molar-refractivity contribution in [2.75, 3.05) is 0 Å². The van der Waals surface area contributed by atoms with Crippen LogP contribution in [0.1, 0.15) is 0 Å². The fourth-order valence-electron chi connectivity index (χ4n) is 2.30. The van der Waals surface area contributed by atoms with Gasteiger partial charge in [-0.3, -0.25) is 4.98 Å². The first-order valence-corrected chi connectivity index (χ1v) is 7.78. The Balaban J connectivity index is 1.71. The average molecular weight is 304 g/mol. The molecular formula is C18H12N2OS. The van der Waals surface area contributed by atoms with E-state index >= 15 is 0 Å². The quantitative estimate of drug-likeness (QED) is 0.526. The summed E-state index contributed by atoms with van der Waals surface area (Å²) in [6.07, 6.45) is 5.29. The van der Waals surface area contributed by atoms with Crippen molar-refractivity contribution in [2.24, 2.45) is 0 Å². The molecule has 0 bridgehead atoms. The fourth-order valence-corrected chi connectivity index (χ4v) is 3.12. The first kappa shape index (κ1) is 13.0. The standard InChI is InChI=1S/C18H12N2OS/c1-4-13(10-14(5-1)17-7-3-9-21-17)16-12-22-18(20-16)15-6-2-8-19-11-15/h1-12H. The van der Waals surface area contributed by atoms with E-state index in [1.165, 1.54) is 0 Å². The Morgan fingerprint density at radius 3 is 2.64 bits per heavy atom. The highest BCUT2D eigenvalue weighted by Gasteiger charge is 2.08. The van der Waals surface area contributed by atoms with E-state index in [0.29, 0.717) is 0 Å². The highest BCUT2D eigenvalue weighted by molar-refractivity contribution is 7.13. The van der Waals surface area contributed by atoms with Gasteiger partial charge in [0, 0.05) is 34.5 Å². The van der Waals surface area contributed by atoms with E-state index < -0.39 is 0 Å². The molecule has 3 aromatic heterocycles. The van der Waals surface area contributed by atoms with Crippen molar-refractivity contribution < 1.29 is 4.42 Å². The summed E-state index contributed by atoms with van der Waals surface area (Å²) in [5, 5.41) is 3.05. The van der Waals surface area contributed by atoms with Crippen LogP contribution >= 0.6 is 11.3 Å². The summed E-state index contributed by atoms with van der Waals surface area (Å²) in [5.41, 5.74) is 4.15. The summed E-state index contributed by atoms with van der Waals surface area (Å²) in [7, 11) is 0. The minimum atomic E-state index is 0.865. The summed E-state index contributed by atoms with van der Waals surface area (Å²) in [6.45, 7) is 0. The molecule has 0 aliphatic heterocycles. The van der Waals surface area contributed by atoms with Crippen LogP contribution in [0.2, 0.25) is 0 Å². The minimum Gasteiger partial charge on any atom is -0.464 e. The van der Waals surface area contributed by atoms with Crippen LogP contribution in [0, 0.1) is 0 Å². The average Bonchev–Trinajstić information content (AvgIpc) is 3.28. The molecule has 4 rings (SSSR count). The van der Waals surface area contributed by atoms with Gasteiger partial charge >= 0.3 is 0 Å². The third-order valence-electron chi connectivity index (χ3n) is 3.38. The van der Waals surface area contributed by atoms with E-state index in [0.717, 1.165) is 33.2 Å². The van der Waals surface area contributed by atoms with Crippen molar-refractivity contribution in [1.29, 1.82) is 0 Å². The monoisotopic (exact) mass is 304 g/mol. The number of hydrogen-bond acceptors (Lipinski definition) is 4. The van der Waals surface area contributed by atoms with Crippen LogP contribution in [0.3, 0.4) is 0 Å². The predicted molar refractivity (Wildman–Crippen MR) is 88.5 cm³/mol. The highest BCUT2D eigenvalue weighted by Crippen LogP contribution is 2.30. The van der Waals surface area contributed by atoms with Crippen LogP contribution in [-0.4, -0.2) is 9.97 Å². The molecule has 22 heavy (non-hydrogen) atoms. The SMILES string of the molecule is c1cc(-c2csc(-c3cccnc3)n2)cc(-c2ccco2)c1. The van der Waals surface area contributed by atoms with Gasteiger partial charge in [-0.1, -0.05) is 18.2 Å². The summed E-state index contributed by atoms with van der Waals surface area (Å²) >= 11 is 1.63. The number of benzene rings is 1. The smallest absolute Gasteiger partial charge is 0.133 e. The Hall–Kier alpha value is -2.72. The van der Waals surface area contributed by atoms with E-state index in [-0.39, 0.29) is 0 Å². The van der Waals surface area contributed by atoms with Crippen molar-refractivity contribution in [2.45, 2.75) is 0 Å². The molecule has 0 fully saturated rings. The molecular weight excluding hydrogens is 292 g/mol. The molecule has 0 N–H and O–H groups in total. The molecule has 3 heterocycles. The number of furan rings is 1. The van der Waals surface area contributed by atoms with E-state index in [9.17, 15) is 0 Å². The minimum absolute atomic E-state index is 0.865. The number of rotatable bonds is 3. The predicted octanol–water partition coefficient (Wildman–Crippen LogP) is 5.13. The van der Waals surface area contributed by atoms with Crippen LogP contribution in [0.25, 0.3) is 33.2 Å². The van der Waals surface area contributed by atoms with E-state index in [1.54, 1.807) is 23.8 Å². The van der Waals surface area contributed by atoms with Crippen molar-refractivity contribution in [3.05, 3.63) is 72.6 Å². The first-order valence-electron chi connectivity index (χ1n) is 6.90. The molecule has 4 aromatic rings. The lowest BCUT2D eigenvalue weighted by Gasteiger charge is -2.01. The Morgan fingerprint density at radius 2 is 1.82 bits per heavy atom. The zero-order chi connectivity index (χ0) is 14.8. The Morgan fingerprint density at radius 1 is 0.909 bits per heavy atom. The number of pyridine rings is 1. The van der Waals surface area contributed by atoms with Crippen molar-refractivity contribution in [3.63, 3.8) is 0 Å². The Labute approximate surface area is 131 Å². The van der Waals surface area contributed by atoms with Gasteiger partial charge in [-0.2, -0.15) is 0 Å². The molecule has 1 aromatic carbocycles. The van der Waals surface area contributed by atoms with Gasteiger partial charge in [0.05, 0.1) is 12.0 Å². The summed E-state index contributed by atoms with van der Waals surface area (Å²) in [6, 6.07) is 16.0. The number of nitrogens with zero attached hydrogens (tertiary/aromatic N) is 2. The number of aromatic nitrogens is 2. The molecule has 0 aliphatic rings. The van der Waals surface area contributed by atoms with Crippen LogP contribution in [0.4, 0.5) is 0 Å². The second kappa shape index (κ2) is 5.58. The van der Waals surface area contributed by atoms with Gasteiger partial charge < -0.3 is 4.42 Å². The summed E-state index contributed by atoms with van der Waals surface area (Å²) in [4.78, 5) is 8.87. The van der Waals surface area contributed by atoms with Gasteiger partial charge in [0.25, 0.3) is 0 Å².